The van der Waals surface area contributed by atoms with Crippen LogP contribution in [-0.4, -0.2) is 53.1 Å². The highest BCUT2D eigenvalue weighted by Crippen LogP contribution is 2.24. The highest BCUT2D eigenvalue weighted by molar-refractivity contribution is 5.31. The van der Waals surface area contributed by atoms with Gasteiger partial charge >= 0.3 is 0 Å². The summed E-state index contributed by atoms with van der Waals surface area (Å²) in [6, 6.07) is 0.996. The summed E-state index contributed by atoms with van der Waals surface area (Å²) in [6.07, 6.45) is 10.3. The third-order valence-corrected chi connectivity index (χ3v) is 4.69. The van der Waals surface area contributed by atoms with Gasteiger partial charge in [-0.2, -0.15) is 0 Å². The third-order valence-electron chi connectivity index (χ3n) is 4.69. The van der Waals surface area contributed by atoms with E-state index >= 15 is 0 Å². The zero-order valence-corrected chi connectivity index (χ0v) is 13.0. The van der Waals surface area contributed by atoms with E-state index in [0.717, 1.165) is 50.2 Å². The van der Waals surface area contributed by atoms with Crippen molar-refractivity contribution < 1.29 is 0 Å². The fourth-order valence-electron chi connectivity index (χ4n) is 3.54. The lowest BCUT2D eigenvalue weighted by Crippen LogP contribution is -2.50. The molecule has 116 valence electrons. The van der Waals surface area contributed by atoms with Crippen LogP contribution in [-0.2, 0) is 6.42 Å². The first-order chi connectivity index (χ1) is 10.2. The van der Waals surface area contributed by atoms with Gasteiger partial charge in [0.1, 0.15) is 0 Å². The van der Waals surface area contributed by atoms with Gasteiger partial charge in [0, 0.05) is 50.7 Å². The molecule has 1 saturated heterocycles. The maximum absolute atomic E-state index is 5.81. The molecule has 1 saturated carbocycles. The van der Waals surface area contributed by atoms with Crippen LogP contribution in [0.3, 0.4) is 0 Å². The van der Waals surface area contributed by atoms with Crippen LogP contribution < -0.4 is 10.6 Å². The average Bonchev–Trinajstić information content (AvgIpc) is 3.02. The van der Waals surface area contributed by atoms with E-state index in [0.29, 0.717) is 0 Å². The van der Waals surface area contributed by atoms with E-state index in [1.807, 2.05) is 19.3 Å². The van der Waals surface area contributed by atoms with Crippen LogP contribution in [0, 0.1) is 0 Å². The second kappa shape index (κ2) is 6.71. The number of rotatable bonds is 4. The number of anilines is 1. The molecule has 0 aromatic carbocycles. The molecule has 3 rings (SSSR count). The van der Waals surface area contributed by atoms with E-state index in [2.05, 4.69) is 19.8 Å². The second-order valence-corrected chi connectivity index (χ2v) is 6.53. The van der Waals surface area contributed by atoms with Crippen LogP contribution in [0.15, 0.2) is 12.4 Å². The van der Waals surface area contributed by atoms with Gasteiger partial charge in [-0.15, -0.1) is 0 Å². The van der Waals surface area contributed by atoms with Gasteiger partial charge in [-0.1, -0.05) is 12.8 Å². The van der Waals surface area contributed by atoms with Crippen molar-refractivity contribution in [3.8, 4) is 0 Å². The lowest BCUT2D eigenvalue weighted by molar-refractivity contribution is 0.187. The normalized spacial score (nSPS) is 22.7. The molecule has 0 radical (unpaired) electrons. The Bertz CT molecular complexity index is 430. The van der Waals surface area contributed by atoms with Crippen molar-refractivity contribution in [3.05, 3.63) is 18.0 Å². The summed E-state index contributed by atoms with van der Waals surface area (Å²) in [6.45, 7) is 6.40. The van der Waals surface area contributed by atoms with Crippen LogP contribution in [0.25, 0.3) is 0 Å². The van der Waals surface area contributed by atoms with Crippen molar-refractivity contribution in [3.63, 3.8) is 0 Å². The molecule has 0 spiro atoms. The van der Waals surface area contributed by atoms with Crippen molar-refractivity contribution in [1.29, 1.82) is 0 Å². The minimum atomic E-state index is 0.161. The summed E-state index contributed by atoms with van der Waals surface area (Å²) in [7, 11) is 0. The first-order valence-corrected chi connectivity index (χ1v) is 8.28. The van der Waals surface area contributed by atoms with Gasteiger partial charge in [0.05, 0.1) is 0 Å². The molecule has 0 bridgehead atoms. The highest BCUT2D eigenvalue weighted by atomic mass is 15.3. The van der Waals surface area contributed by atoms with Crippen LogP contribution in [0.2, 0.25) is 0 Å². The molecule has 1 aliphatic carbocycles. The van der Waals surface area contributed by atoms with Crippen molar-refractivity contribution >= 4 is 5.95 Å². The van der Waals surface area contributed by atoms with Crippen LogP contribution >= 0.6 is 0 Å². The lowest BCUT2D eigenvalue weighted by atomic mass is 10.1. The fraction of sp³-hybridized carbons (Fsp3) is 0.750. The van der Waals surface area contributed by atoms with E-state index < -0.39 is 0 Å². The van der Waals surface area contributed by atoms with Gasteiger partial charge in [0.2, 0.25) is 5.95 Å². The zero-order chi connectivity index (χ0) is 14.7. The number of nitrogens with two attached hydrogens (primary N) is 1. The second-order valence-electron chi connectivity index (χ2n) is 6.53. The fourth-order valence-corrected chi connectivity index (χ4v) is 3.54. The molecule has 2 N–H and O–H groups in total. The molecule has 2 fully saturated rings. The van der Waals surface area contributed by atoms with Gasteiger partial charge in [0.15, 0.2) is 0 Å². The number of aromatic nitrogens is 2. The zero-order valence-electron chi connectivity index (χ0n) is 13.0. The predicted molar refractivity (Wildman–Crippen MR) is 85.4 cm³/mol. The van der Waals surface area contributed by atoms with Gasteiger partial charge < -0.3 is 10.6 Å². The number of nitrogens with zero attached hydrogens (tertiary/aromatic N) is 4. The number of piperazine rings is 1. The molecule has 0 amide bonds. The largest absolute Gasteiger partial charge is 0.338 e. The molecule has 5 nitrogen and oxygen atoms in total. The molecule has 1 aromatic heterocycles. The Kier molecular flexibility index (Phi) is 4.70. The summed E-state index contributed by atoms with van der Waals surface area (Å²) in [5.41, 5.74) is 6.93. The molecule has 1 aliphatic heterocycles. The van der Waals surface area contributed by atoms with Crippen molar-refractivity contribution in [1.82, 2.24) is 14.9 Å². The van der Waals surface area contributed by atoms with Gasteiger partial charge in [-0.25, -0.2) is 9.97 Å². The van der Waals surface area contributed by atoms with Crippen molar-refractivity contribution in [2.24, 2.45) is 5.73 Å². The molecule has 2 aliphatic rings. The third kappa shape index (κ3) is 3.71. The van der Waals surface area contributed by atoms with Crippen LogP contribution in [0.4, 0.5) is 5.95 Å². The summed E-state index contributed by atoms with van der Waals surface area (Å²) in [5, 5.41) is 0. The molecule has 2 heterocycles. The smallest absolute Gasteiger partial charge is 0.225 e. The Labute approximate surface area is 127 Å². The number of hydrogen-bond acceptors (Lipinski definition) is 5. The van der Waals surface area contributed by atoms with E-state index in [1.54, 1.807) is 0 Å². The first kappa shape index (κ1) is 14.7. The SMILES string of the molecule is CC(N)Cc1cnc(N2CCN(C3CCCC3)CC2)nc1. The Balaban J connectivity index is 1.54. The molecule has 1 aromatic rings. The van der Waals surface area contributed by atoms with E-state index in [4.69, 9.17) is 5.73 Å². The van der Waals surface area contributed by atoms with Crippen LogP contribution in [0.1, 0.15) is 38.2 Å². The molecular formula is C16H27N5. The van der Waals surface area contributed by atoms with E-state index in [-0.39, 0.29) is 6.04 Å². The maximum atomic E-state index is 5.81. The molecule has 1 atom stereocenters. The minimum absolute atomic E-state index is 0.161. The highest BCUT2D eigenvalue weighted by Gasteiger charge is 2.26. The predicted octanol–water partition coefficient (Wildman–Crippen LogP) is 1.43. The minimum Gasteiger partial charge on any atom is -0.338 e. The summed E-state index contributed by atoms with van der Waals surface area (Å²) in [5.74, 6) is 0.870. The van der Waals surface area contributed by atoms with E-state index in [9.17, 15) is 0 Å². The van der Waals surface area contributed by atoms with Crippen LogP contribution in [0.5, 0.6) is 0 Å². The number of hydrogen-bond donors (Lipinski definition) is 1. The Morgan fingerprint density at radius 3 is 2.33 bits per heavy atom. The van der Waals surface area contributed by atoms with Gasteiger partial charge in [0.25, 0.3) is 0 Å². The van der Waals surface area contributed by atoms with Crippen molar-refractivity contribution in [2.45, 2.75) is 51.1 Å². The Hall–Kier alpha value is -1.20. The Morgan fingerprint density at radius 1 is 1.14 bits per heavy atom. The average molecular weight is 289 g/mol. The first-order valence-electron chi connectivity index (χ1n) is 8.28. The van der Waals surface area contributed by atoms with Gasteiger partial charge in [-0.05, 0) is 31.7 Å². The van der Waals surface area contributed by atoms with Crippen molar-refractivity contribution in [2.75, 3.05) is 31.1 Å². The lowest BCUT2D eigenvalue weighted by Gasteiger charge is -2.38. The standard InChI is InChI=1S/C16H27N5/c1-13(17)10-14-11-18-16(19-12-14)21-8-6-20(7-9-21)15-4-2-3-5-15/h11-13,15H,2-10,17H2,1H3. The molecule has 21 heavy (non-hydrogen) atoms. The summed E-state index contributed by atoms with van der Waals surface area (Å²) >= 11 is 0. The topological polar surface area (TPSA) is 58.3 Å². The summed E-state index contributed by atoms with van der Waals surface area (Å²) < 4.78 is 0. The summed E-state index contributed by atoms with van der Waals surface area (Å²) in [4.78, 5) is 14.0. The Morgan fingerprint density at radius 2 is 1.76 bits per heavy atom. The quantitative estimate of drug-likeness (QED) is 0.908. The molecular weight excluding hydrogens is 262 g/mol. The van der Waals surface area contributed by atoms with Gasteiger partial charge in [-0.3, -0.25) is 4.90 Å². The molecule has 5 heteroatoms. The maximum Gasteiger partial charge on any atom is 0.225 e. The van der Waals surface area contributed by atoms with E-state index in [1.165, 1.54) is 25.7 Å². The monoisotopic (exact) mass is 289 g/mol. The molecule has 1 unspecified atom stereocenters.